The van der Waals surface area contributed by atoms with Gasteiger partial charge in [-0.25, -0.2) is 4.79 Å². The van der Waals surface area contributed by atoms with E-state index in [-0.39, 0.29) is 47.7 Å². The molecule has 0 radical (unpaired) electrons. The Balaban J connectivity index is 2.03. The van der Waals surface area contributed by atoms with Crippen molar-refractivity contribution < 1.29 is 38.7 Å². The maximum Gasteiger partial charge on any atom is 0.335 e. The van der Waals surface area contributed by atoms with Gasteiger partial charge < -0.3 is 29.2 Å². The molecule has 0 aromatic heterocycles. The minimum atomic E-state index is -1.11. The summed E-state index contributed by atoms with van der Waals surface area (Å²) in [6.07, 6.45) is -0.328. The van der Waals surface area contributed by atoms with Crippen LogP contribution in [0, 0.1) is 5.92 Å². The van der Waals surface area contributed by atoms with Gasteiger partial charge in [-0.05, 0) is 35.7 Å². The van der Waals surface area contributed by atoms with Crippen LogP contribution in [-0.4, -0.2) is 43.0 Å². The lowest BCUT2D eigenvalue weighted by molar-refractivity contribution is -0.145. The largest absolute Gasteiger partial charge is 0.504 e. The van der Waals surface area contributed by atoms with Crippen molar-refractivity contribution in [3.63, 3.8) is 0 Å². The minimum absolute atomic E-state index is 0.00135. The molecule has 8 heteroatoms. The topological polar surface area (TPSA) is 112 Å². The SMILES string of the molecule is COc1cc([C@@H]2Oc3c(OC)cc(C(=O)O)cc3[C@H]2COC(=O)CC(C)C)ccc1O. The number of carbonyl (C=O) groups is 2. The van der Waals surface area contributed by atoms with E-state index < -0.39 is 18.0 Å². The lowest BCUT2D eigenvalue weighted by Gasteiger charge is -2.20. The molecule has 1 aliphatic heterocycles. The van der Waals surface area contributed by atoms with Crippen LogP contribution in [0.3, 0.4) is 0 Å². The quantitative estimate of drug-likeness (QED) is 0.606. The molecule has 2 atom stereocenters. The lowest BCUT2D eigenvalue weighted by atomic mass is 9.90. The Morgan fingerprint density at radius 3 is 2.42 bits per heavy atom. The molecule has 0 spiro atoms. The third kappa shape index (κ3) is 4.68. The van der Waals surface area contributed by atoms with Crippen LogP contribution in [0.25, 0.3) is 0 Å². The van der Waals surface area contributed by atoms with Crippen molar-refractivity contribution in [1.29, 1.82) is 0 Å². The second-order valence-electron chi connectivity index (χ2n) is 7.76. The van der Waals surface area contributed by atoms with E-state index in [1.165, 1.54) is 32.4 Å². The zero-order chi connectivity index (χ0) is 22.7. The number of carbonyl (C=O) groups excluding carboxylic acids is 1. The standard InChI is InChI=1S/C23H26O8/c1-12(2)7-20(25)30-11-16-15-8-14(23(26)27)10-19(29-4)22(15)31-21(16)13-5-6-17(24)18(9-13)28-3/h5-6,8-10,12,16,21,24H,7,11H2,1-4H3,(H,26,27)/t16-,21+/m1/s1. The number of fused-ring (bicyclic) bond motifs is 1. The van der Waals surface area contributed by atoms with Gasteiger partial charge in [0.15, 0.2) is 23.0 Å². The van der Waals surface area contributed by atoms with Crippen molar-refractivity contribution in [2.75, 3.05) is 20.8 Å². The van der Waals surface area contributed by atoms with E-state index in [1.807, 2.05) is 13.8 Å². The first-order valence-electron chi connectivity index (χ1n) is 9.89. The molecule has 2 N–H and O–H groups in total. The number of aromatic carboxylic acids is 1. The average Bonchev–Trinajstić information content (AvgIpc) is 3.09. The summed E-state index contributed by atoms with van der Waals surface area (Å²) in [6.45, 7) is 3.84. The number of aromatic hydroxyl groups is 1. The van der Waals surface area contributed by atoms with Crippen LogP contribution >= 0.6 is 0 Å². The first kappa shape index (κ1) is 22.3. The highest BCUT2D eigenvalue weighted by atomic mass is 16.5. The second kappa shape index (κ2) is 9.16. The van der Waals surface area contributed by atoms with Crippen LogP contribution < -0.4 is 14.2 Å². The van der Waals surface area contributed by atoms with E-state index in [0.717, 1.165) is 0 Å². The molecule has 8 nitrogen and oxygen atoms in total. The number of carboxylic acid groups (broad SMARTS) is 1. The number of ether oxygens (including phenoxy) is 4. The Morgan fingerprint density at radius 2 is 1.81 bits per heavy atom. The summed E-state index contributed by atoms with van der Waals surface area (Å²) < 4.78 is 22.2. The molecule has 31 heavy (non-hydrogen) atoms. The highest BCUT2D eigenvalue weighted by Crippen LogP contribution is 2.51. The van der Waals surface area contributed by atoms with Gasteiger partial charge in [-0.2, -0.15) is 0 Å². The minimum Gasteiger partial charge on any atom is -0.504 e. The Labute approximate surface area is 180 Å². The molecule has 1 heterocycles. The molecule has 166 valence electrons. The summed E-state index contributed by atoms with van der Waals surface area (Å²) in [7, 11) is 2.87. The summed E-state index contributed by atoms with van der Waals surface area (Å²) in [6, 6.07) is 7.71. The third-order valence-electron chi connectivity index (χ3n) is 5.09. The van der Waals surface area contributed by atoms with Gasteiger partial charge in [0.05, 0.1) is 25.7 Å². The predicted molar refractivity (Wildman–Crippen MR) is 111 cm³/mol. The van der Waals surface area contributed by atoms with Crippen molar-refractivity contribution in [1.82, 2.24) is 0 Å². The summed E-state index contributed by atoms with van der Waals surface area (Å²) in [5.41, 5.74) is 1.29. The normalized spacial score (nSPS) is 17.1. The number of phenolic OH excluding ortho intramolecular Hbond substituents is 1. The van der Waals surface area contributed by atoms with Crippen molar-refractivity contribution in [2.24, 2.45) is 5.92 Å². The summed E-state index contributed by atoms with van der Waals surface area (Å²) >= 11 is 0. The third-order valence-corrected chi connectivity index (χ3v) is 5.09. The van der Waals surface area contributed by atoms with Gasteiger partial charge in [-0.15, -0.1) is 0 Å². The molecule has 0 fully saturated rings. The van der Waals surface area contributed by atoms with Crippen LogP contribution in [0.15, 0.2) is 30.3 Å². The van der Waals surface area contributed by atoms with E-state index in [9.17, 15) is 19.8 Å². The number of esters is 1. The first-order chi connectivity index (χ1) is 14.7. The summed E-state index contributed by atoms with van der Waals surface area (Å²) in [4.78, 5) is 23.8. The van der Waals surface area contributed by atoms with Crippen LogP contribution in [0.5, 0.6) is 23.0 Å². The van der Waals surface area contributed by atoms with Gasteiger partial charge in [0.2, 0.25) is 0 Å². The van der Waals surface area contributed by atoms with Crippen molar-refractivity contribution in [3.8, 4) is 23.0 Å². The smallest absolute Gasteiger partial charge is 0.335 e. The van der Waals surface area contributed by atoms with E-state index in [4.69, 9.17) is 18.9 Å². The molecule has 3 rings (SSSR count). The van der Waals surface area contributed by atoms with E-state index in [1.54, 1.807) is 12.1 Å². The predicted octanol–water partition coefficient (Wildman–Crippen LogP) is 3.91. The fraction of sp³-hybridized carbons (Fsp3) is 0.391. The molecule has 2 aromatic carbocycles. The molecule has 0 saturated carbocycles. The monoisotopic (exact) mass is 430 g/mol. The number of hydrogen-bond donors (Lipinski definition) is 2. The van der Waals surface area contributed by atoms with Gasteiger partial charge in [-0.1, -0.05) is 19.9 Å². The van der Waals surface area contributed by atoms with Crippen molar-refractivity contribution in [3.05, 3.63) is 47.0 Å². The van der Waals surface area contributed by atoms with Crippen LogP contribution in [0.1, 0.15) is 53.8 Å². The summed E-state index contributed by atoms with van der Waals surface area (Å²) in [5, 5.41) is 19.4. The van der Waals surface area contributed by atoms with Gasteiger partial charge >= 0.3 is 11.9 Å². The van der Waals surface area contributed by atoms with Crippen molar-refractivity contribution in [2.45, 2.75) is 32.3 Å². The molecule has 0 bridgehead atoms. The van der Waals surface area contributed by atoms with Gasteiger partial charge in [-0.3, -0.25) is 4.79 Å². The zero-order valence-electron chi connectivity index (χ0n) is 17.9. The molecule has 0 saturated heterocycles. The Bertz CT molecular complexity index is 982. The Hall–Kier alpha value is -3.42. The van der Waals surface area contributed by atoms with Crippen LogP contribution in [0.4, 0.5) is 0 Å². The summed E-state index contributed by atoms with van der Waals surface area (Å²) in [5.74, 6) is -0.850. The van der Waals surface area contributed by atoms with Crippen LogP contribution in [0.2, 0.25) is 0 Å². The van der Waals surface area contributed by atoms with Gasteiger partial charge in [0, 0.05) is 12.0 Å². The molecule has 0 unspecified atom stereocenters. The number of rotatable bonds is 8. The molecular formula is C23H26O8. The maximum absolute atomic E-state index is 12.2. The van der Waals surface area contributed by atoms with E-state index >= 15 is 0 Å². The Kier molecular flexibility index (Phi) is 6.58. The average molecular weight is 430 g/mol. The zero-order valence-corrected chi connectivity index (χ0v) is 17.9. The van der Waals surface area contributed by atoms with Gasteiger partial charge in [0.1, 0.15) is 12.7 Å². The molecule has 1 aliphatic rings. The fourth-order valence-electron chi connectivity index (χ4n) is 3.60. The fourth-order valence-corrected chi connectivity index (χ4v) is 3.60. The van der Waals surface area contributed by atoms with Gasteiger partial charge in [0.25, 0.3) is 0 Å². The molecule has 2 aromatic rings. The highest BCUT2D eigenvalue weighted by Gasteiger charge is 2.39. The number of methoxy groups -OCH3 is 2. The molecule has 0 amide bonds. The number of phenols is 1. The van der Waals surface area contributed by atoms with Crippen LogP contribution in [-0.2, 0) is 9.53 Å². The van der Waals surface area contributed by atoms with Crippen molar-refractivity contribution >= 4 is 11.9 Å². The number of hydrogen-bond acceptors (Lipinski definition) is 7. The second-order valence-corrected chi connectivity index (χ2v) is 7.76. The Morgan fingerprint density at radius 1 is 1.10 bits per heavy atom. The first-order valence-corrected chi connectivity index (χ1v) is 9.89. The molecular weight excluding hydrogens is 404 g/mol. The van der Waals surface area contributed by atoms with E-state index in [2.05, 4.69) is 0 Å². The highest BCUT2D eigenvalue weighted by molar-refractivity contribution is 5.89. The maximum atomic E-state index is 12.2. The number of carboxylic acids is 1. The number of benzene rings is 2. The molecule has 0 aliphatic carbocycles. The van der Waals surface area contributed by atoms with E-state index in [0.29, 0.717) is 16.9 Å². The lowest BCUT2D eigenvalue weighted by Crippen LogP contribution is -2.19.